The largest absolute Gasteiger partial charge is 0.337 e. The summed E-state index contributed by atoms with van der Waals surface area (Å²) in [6, 6.07) is 17.0. The van der Waals surface area contributed by atoms with Gasteiger partial charge >= 0.3 is 0 Å². The molecule has 9 heteroatoms. The fourth-order valence-electron chi connectivity index (χ4n) is 3.65. The molecule has 0 saturated carbocycles. The SMILES string of the molecule is O=C(/C=C/c1ccc(S(=O)(=O)Nc2ccccc2Cl)cc1)N1CCN(Cc2ccncc2)CC1. The van der Waals surface area contributed by atoms with Crippen molar-refractivity contribution in [3.8, 4) is 0 Å². The number of pyridine rings is 1. The second-order valence-electron chi connectivity index (χ2n) is 7.94. The zero-order valence-electron chi connectivity index (χ0n) is 18.5. The third-order valence-corrected chi connectivity index (χ3v) is 7.28. The number of carbonyl (C=O) groups excluding carboxylic acids is 1. The Balaban J connectivity index is 1.31. The summed E-state index contributed by atoms with van der Waals surface area (Å²) < 4.78 is 27.7. The van der Waals surface area contributed by atoms with E-state index in [1.807, 2.05) is 17.0 Å². The van der Waals surface area contributed by atoms with Crippen LogP contribution < -0.4 is 4.72 Å². The summed E-state index contributed by atoms with van der Waals surface area (Å²) in [5.74, 6) is -0.0550. The molecule has 176 valence electrons. The van der Waals surface area contributed by atoms with E-state index >= 15 is 0 Å². The molecular weight excluding hydrogens is 472 g/mol. The molecule has 0 atom stereocenters. The highest BCUT2D eigenvalue weighted by Crippen LogP contribution is 2.24. The van der Waals surface area contributed by atoms with Crippen LogP contribution >= 0.6 is 11.6 Å². The van der Waals surface area contributed by atoms with Crippen molar-refractivity contribution in [3.63, 3.8) is 0 Å². The molecule has 2 aromatic carbocycles. The smallest absolute Gasteiger partial charge is 0.261 e. The predicted molar refractivity (Wildman–Crippen MR) is 134 cm³/mol. The minimum atomic E-state index is -3.77. The minimum Gasteiger partial charge on any atom is -0.337 e. The van der Waals surface area contributed by atoms with Gasteiger partial charge in [-0.15, -0.1) is 0 Å². The highest BCUT2D eigenvalue weighted by atomic mass is 35.5. The van der Waals surface area contributed by atoms with Crippen LogP contribution in [0.3, 0.4) is 0 Å². The Bertz CT molecular complexity index is 1260. The normalized spacial score (nSPS) is 14.9. The Kier molecular flexibility index (Phi) is 7.62. The number of piperazine rings is 1. The van der Waals surface area contributed by atoms with E-state index in [4.69, 9.17) is 11.6 Å². The zero-order chi connectivity index (χ0) is 24.0. The van der Waals surface area contributed by atoms with E-state index in [2.05, 4.69) is 14.6 Å². The van der Waals surface area contributed by atoms with E-state index in [-0.39, 0.29) is 10.8 Å². The van der Waals surface area contributed by atoms with Gasteiger partial charge < -0.3 is 4.90 Å². The van der Waals surface area contributed by atoms with Gasteiger partial charge in [-0.2, -0.15) is 0 Å². The number of sulfonamides is 1. The van der Waals surface area contributed by atoms with Crippen molar-refractivity contribution in [3.05, 3.63) is 95.3 Å². The van der Waals surface area contributed by atoms with Crippen LogP contribution in [0.5, 0.6) is 0 Å². The highest BCUT2D eigenvalue weighted by molar-refractivity contribution is 7.92. The molecule has 1 saturated heterocycles. The van der Waals surface area contributed by atoms with Gasteiger partial charge in [-0.1, -0.05) is 35.9 Å². The summed E-state index contributed by atoms with van der Waals surface area (Å²) in [4.78, 5) is 20.9. The van der Waals surface area contributed by atoms with Crippen molar-refractivity contribution in [2.24, 2.45) is 0 Å². The van der Waals surface area contributed by atoms with E-state index in [9.17, 15) is 13.2 Å². The monoisotopic (exact) mass is 496 g/mol. The number of rotatable bonds is 7. The number of anilines is 1. The highest BCUT2D eigenvalue weighted by Gasteiger charge is 2.20. The summed E-state index contributed by atoms with van der Waals surface area (Å²) in [5, 5.41) is 0.322. The van der Waals surface area contributed by atoms with Gasteiger partial charge in [0, 0.05) is 51.2 Å². The fourth-order valence-corrected chi connectivity index (χ4v) is 4.97. The number of amides is 1. The Labute approximate surface area is 204 Å². The molecule has 1 aliphatic heterocycles. The van der Waals surface area contributed by atoms with Gasteiger partial charge in [-0.3, -0.25) is 19.4 Å². The fraction of sp³-hybridized carbons (Fsp3) is 0.200. The lowest BCUT2D eigenvalue weighted by molar-refractivity contribution is -0.127. The summed E-state index contributed by atoms with van der Waals surface area (Å²) in [6.45, 7) is 3.80. The average molecular weight is 497 g/mol. The lowest BCUT2D eigenvalue weighted by Gasteiger charge is -2.34. The maximum absolute atomic E-state index is 12.6. The van der Waals surface area contributed by atoms with Crippen molar-refractivity contribution in [1.82, 2.24) is 14.8 Å². The van der Waals surface area contributed by atoms with Crippen LogP contribution in [0.2, 0.25) is 5.02 Å². The molecule has 0 aliphatic carbocycles. The van der Waals surface area contributed by atoms with Crippen LogP contribution in [0, 0.1) is 0 Å². The molecule has 3 aromatic rings. The van der Waals surface area contributed by atoms with Crippen LogP contribution in [0.1, 0.15) is 11.1 Å². The lowest BCUT2D eigenvalue weighted by Crippen LogP contribution is -2.47. The molecule has 0 spiro atoms. The van der Waals surface area contributed by atoms with Crippen molar-refractivity contribution in [2.75, 3.05) is 30.9 Å². The number of hydrogen-bond donors (Lipinski definition) is 1. The zero-order valence-corrected chi connectivity index (χ0v) is 20.0. The van der Waals surface area contributed by atoms with Crippen molar-refractivity contribution >= 4 is 39.3 Å². The topological polar surface area (TPSA) is 82.6 Å². The molecule has 4 rings (SSSR count). The van der Waals surface area contributed by atoms with E-state index < -0.39 is 10.0 Å². The Morgan fingerprint density at radius 1 is 0.971 bits per heavy atom. The van der Waals surface area contributed by atoms with Gasteiger partial charge in [-0.25, -0.2) is 8.42 Å². The maximum Gasteiger partial charge on any atom is 0.261 e. The molecule has 0 radical (unpaired) electrons. The maximum atomic E-state index is 12.6. The van der Waals surface area contributed by atoms with Crippen molar-refractivity contribution < 1.29 is 13.2 Å². The number of carbonyl (C=O) groups is 1. The average Bonchev–Trinajstić information content (AvgIpc) is 2.85. The number of halogens is 1. The molecule has 1 N–H and O–H groups in total. The first-order chi connectivity index (χ1) is 16.4. The van der Waals surface area contributed by atoms with E-state index in [1.165, 1.54) is 23.8 Å². The summed E-state index contributed by atoms with van der Waals surface area (Å²) in [7, 11) is -3.77. The predicted octanol–water partition coefficient (Wildman–Crippen LogP) is 3.89. The Morgan fingerprint density at radius 2 is 1.65 bits per heavy atom. The van der Waals surface area contributed by atoms with Crippen LogP contribution in [-0.2, 0) is 21.4 Å². The molecule has 34 heavy (non-hydrogen) atoms. The second kappa shape index (κ2) is 10.8. The van der Waals surface area contributed by atoms with Crippen LogP contribution in [0.25, 0.3) is 6.08 Å². The van der Waals surface area contributed by atoms with E-state index in [0.717, 1.165) is 25.2 Å². The van der Waals surface area contributed by atoms with Gasteiger partial charge in [0.15, 0.2) is 0 Å². The first-order valence-corrected chi connectivity index (χ1v) is 12.7. The van der Waals surface area contributed by atoms with Crippen LogP contribution in [0.15, 0.2) is 84.0 Å². The minimum absolute atomic E-state index is 0.0550. The van der Waals surface area contributed by atoms with Crippen LogP contribution in [0.4, 0.5) is 5.69 Å². The van der Waals surface area contributed by atoms with E-state index in [1.54, 1.807) is 54.9 Å². The van der Waals surface area contributed by atoms with Gasteiger partial charge in [0.25, 0.3) is 10.0 Å². The third-order valence-electron chi connectivity index (χ3n) is 5.57. The van der Waals surface area contributed by atoms with Crippen molar-refractivity contribution in [1.29, 1.82) is 0 Å². The Morgan fingerprint density at radius 3 is 2.32 bits per heavy atom. The number of nitrogens with zero attached hydrogens (tertiary/aromatic N) is 3. The number of nitrogens with one attached hydrogen (secondary N) is 1. The van der Waals surface area contributed by atoms with Gasteiger partial charge in [0.05, 0.1) is 15.6 Å². The second-order valence-corrected chi connectivity index (χ2v) is 10.0. The van der Waals surface area contributed by atoms with Crippen molar-refractivity contribution in [2.45, 2.75) is 11.4 Å². The lowest BCUT2D eigenvalue weighted by atomic mass is 10.2. The molecule has 1 amide bonds. The standard InChI is InChI=1S/C25H25ClN4O3S/c26-23-3-1-2-4-24(23)28-34(32,33)22-8-5-20(6-9-22)7-10-25(31)30-17-15-29(16-18-30)19-21-11-13-27-14-12-21/h1-14,28H,15-19H2/b10-7+. The number of aromatic nitrogens is 1. The first-order valence-electron chi connectivity index (χ1n) is 10.9. The summed E-state index contributed by atoms with van der Waals surface area (Å²) >= 11 is 6.05. The third kappa shape index (κ3) is 6.22. The summed E-state index contributed by atoms with van der Waals surface area (Å²) in [5.41, 5.74) is 2.27. The Hall–Kier alpha value is -3.20. The molecule has 0 unspecified atom stereocenters. The molecule has 1 aliphatic rings. The van der Waals surface area contributed by atoms with Crippen LogP contribution in [-0.4, -0.2) is 55.3 Å². The van der Waals surface area contributed by atoms with Gasteiger partial charge in [-0.05, 0) is 53.6 Å². The van der Waals surface area contributed by atoms with E-state index in [0.29, 0.717) is 23.8 Å². The van der Waals surface area contributed by atoms with Gasteiger partial charge in [0.2, 0.25) is 5.91 Å². The molecule has 2 heterocycles. The summed E-state index contributed by atoms with van der Waals surface area (Å²) in [6.07, 6.45) is 6.81. The number of hydrogen-bond acceptors (Lipinski definition) is 5. The number of para-hydroxylation sites is 1. The molecular formula is C25H25ClN4O3S. The molecule has 1 aromatic heterocycles. The quantitative estimate of drug-likeness (QED) is 0.502. The van der Waals surface area contributed by atoms with Gasteiger partial charge in [0.1, 0.15) is 0 Å². The molecule has 0 bridgehead atoms. The number of benzene rings is 2. The first kappa shape index (κ1) is 23.9. The molecule has 1 fully saturated rings. The molecule has 7 nitrogen and oxygen atoms in total.